The van der Waals surface area contributed by atoms with E-state index in [0.29, 0.717) is 91.3 Å². The molecule has 0 spiro atoms. The van der Waals surface area contributed by atoms with Gasteiger partial charge in [0.1, 0.15) is 55.9 Å². The topological polar surface area (TPSA) is 444 Å². The minimum Gasteiger partial charge on any atom is -0.393 e. The van der Waals surface area contributed by atoms with Crippen LogP contribution in [-0.2, 0) is 9.84 Å². The van der Waals surface area contributed by atoms with Crippen molar-refractivity contribution in [3.63, 3.8) is 0 Å². The number of thiazole rings is 4. The standard InChI is InChI=1S/C26H35N5O4S2.C26H35N5O3S.C25H33F2N5O3S.C24H29F4N5O3S/c1-15-13-20(30-26(2,3)4)27-14-19(15)22-21(25(33)31-17-5-6-18(31)8-7-17)29-24(36-22)23(32)28-16-9-11-37(34,35)12-10-16;1-14-11-20(30-26(2,3)4)27-13-19(14)22-21(25(34)31-16-6-7-17(31)9-8-16)29-24(35-22)23(33)28-15-5-10-18(32)12-15;1-13-6-5-9-32(13)24(35)19-20(36-23(30-19)22(34)29-14-7-8-15(33)10-14)17-12-28-18(31-25(2,3)4)11-16(17)21(26)27;1-11-8-24(27,28)10-33(11)22(36)17-18(37-21(31-17)20(35)30-12-5-13(34)6-12)15-9-29-16(32-23(2,3)4)7-14(15)19(25)26/h13-14,16-18H,5-12H2,1-4H3,(H,27,30)(H,28,32);11,13,15-18,32H,5-10,12H2,1-4H3,(H,27,30)(H,28,33);11-15,21,33H,5-10H2,1-4H3,(H,28,31)(H,29,34);7,9,11-13,19,34H,5-6,8,10H2,1-4H3,(H,29,32)(H,30,35)/t;15-,16?,17?,18-;13-,14+,15+;11-,12?,13?/m.100/s1. The number of sulfone groups is 1. The molecule has 11 N–H and O–H groups in total. The lowest BCUT2D eigenvalue weighted by Crippen LogP contribution is -2.46. The quantitative estimate of drug-likeness (QED) is 0.0281. The van der Waals surface area contributed by atoms with E-state index in [1.54, 1.807) is 17.3 Å². The maximum atomic E-state index is 14.2. The highest BCUT2D eigenvalue weighted by Gasteiger charge is 2.50. The maximum absolute atomic E-state index is 14.2. The summed E-state index contributed by atoms with van der Waals surface area (Å²) in [5, 5.41) is 53.8. The average Bonchev–Trinajstić information content (AvgIpc) is 1.61. The number of fused-ring (bicyclic) bond motifs is 4. The van der Waals surface area contributed by atoms with Crippen LogP contribution in [0.25, 0.3) is 41.8 Å². The molecule has 0 unspecified atom stereocenters. The van der Waals surface area contributed by atoms with Crippen molar-refractivity contribution in [3.8, 4) is 41.8 Å². The van der Waals surface area contributed by atoms with Crippen LogP contribution in [0.5, 0.6) is 0 Å². The fourth-order valence-corrected chi connectivity index (χ4v) is 26.0. The first-order valence-electron chi connectivity index (χ1n) is 49.9. The molecule has 3 saturated carbocycles. The Balaban J connectivity index is 0.000000145. The average molecular weight is 2110 g/mol. The third-order valence-electron chi connectivity index (χ3n) is 27.4. The van der Waals surface area contributed by atoms with E-state index in [1.165, 1.54) is 54.1 Å². The second-order valence-corrected chi connectivity index (χ2v) is 50.4. The molecule has 786 valence electrons. The summed E-state index contributed by atoms with van der Waals surface area (Å²) in [6.45, 7) is 30.7. The second-order valence-electron chi connectivity index (χ2n) is 44.1. The van der Waals surface area contributed by atoms with Crippen LogP contribution in [0.4, 0.5) is 49.6 Å². The van der Waals surface area contributed by atoms with E-state index in [9.17, 15) is 88.4 Å². The van der Waals surface area contributed by atoms with Crippen molar-refractivity contribution in [3.05, 3.63) is 114 Å². The summed E-state index contributed by atoms with van der Waals surface area (Å²) in [7, 11) is -3.03. The number of aliphatic hydroxyl groups is 3. The highest BCUT2D eigenvalue weighted by molar-refractivity contribution is 7.91. The van der Waals surface area contributed by atoms with E-state index in [1.807, 2.05) is 84.2 Å². The van der Waals surface area contributed by atoms with Crippen LogP contribution in [0.3, 0.4) is 0 Å². The van der Waals surface area contributed by atoms with Crippen LogP contribution in [0.1, 0.15) is 348 Å². The summed E-state index contributed by atoms with van der Waals surface area (Å²) in [5.74, 6) is -4.15. The molecule has 44 heteroatoms. The van der Waals surface area contributed by atoms with Crippen molar-refractivity contribution in [2.24, 2.45) is 0 Å². The van der Waals surface area contributed by atoms with Gasteiger partial charge in [-0.2, -0.15) is 0 Å². The van der Waals surface area contributed by atoms with Gasteiger partial charge in [0.2, 0.25) is 0 Å². The van der Waals surface area contributed by atoms with Gasteiger partial charge in [-0.1, -0.05) is 0 Å². The van der Waals surface area contributed by atoms with E-state index in [-0.39, 0.29) is 182 Å². The van der Waals surface area contributed by atoms with Gasteiger partial charge < -0.3 is 77.5 Å². The zero-order valence-electron chi connectivity index (χ0n) is 84.6. The van der Waals surface area contributed by atoms with Gasteiger partial charge in [-0.25, -0.2) is 74.6 Å². The molecule has 0 aromatic carbocycles. The number of hydrogen-bond donors (Lipinski definition) is 11. The Morgan fingerprint density at radius 3 is 1.01 bits per heavy atom. The van der Waals surface area contributed by atoms with Crippen LogP contribution >= 0.6 is 45.3 Å². The summed E-state index contributed by atoms with van der Waals surface area (Å²) in [4.78, 5) is 150. The van der Waals surface area contributed by atoms with Crippen molar-refractivity contribution in [2.45, 2.75) is 365 Å². The first kappa shape index (κ1) is 109. The largest absolute Gasteiger partial charge is 0.393 e. The van der Waals surface area contributed by atoms with Crippen molar-refractivity contribution >= 4 is 126 Å². The molecule has 8 amide bonds. The normalized spacial score (nSPS) is 23.6. The minimum atomic E-state index is -3.09. The van der Waals surface area contributed by atoms with Gasteiger partial charge in [-0.05, 0) is 275 Å². The summed E-state index contributed by atoms with van der Waals surface area (Å²) in [6, 6.07) is 5.85. The van der Waals surface area contributed by atoms with Crippen molar-refractivity contribution in [2.75, 3.05) is 45.9 Å². The van der Waals surface area contributed by atoms with E-state index >= 15 is 0 Å². The van der Waals surface area contributed by atoms with Gasteiger partial charge >= 0.3 is 0 Å². The molecule has 0 radical (unpaired) electrons. The molecule has 7 aliphatic heterocycles. The SMILES string of the molecule is C[C@H]1CC(F)(F)CN1C(=O)c1nc(C(=O)NC2CC(O)C2)sc1-c1cnc(NC(C)(C)C)cc1C(F)F.C[C@H]1CCCN1C(=O)c1nc(C(=O)N[C@@H]2CC[C@@H](O)C2)sc1-c1cnc(NC(C)(C)C)cc1C(F)F.Cc1cc(NC(C)(C)C)ncc1-c1sc(C(=O)NC2CCS(=O)(=O)CC2)nc1C(=O)N1C2CCC1CC2.Cc1cc(NC(C)(C)C)ncc1-c1sc(C(=O)N[C@@H]2CC[C@@H](O)C2)nc1C(=O)N1C2CCC1CC2. The van der Waals surface area contributed by atoms with Gasteiger partial charge in [0, 0.05) is 154 Å². The zero-order valence-corrected chi connectivity index (χ0v) is 88.6. The van der Waals surface area contributed by atoms with Gasteiger partial charge in [-0.3, -0.25) is 38.4 Å². The minimum absolute atomic E-state index is 0.00430. The van der Waals surface area contributed by atoms with Gasteiger partial charge in [0.25, 0.3) is 66.0 Å². The molecule has 10 fully saturated rings. The smallest absolute Gasteiger partial charge is 0.280 e. The fourth-order valence-electron chi connectivity index (χ4n) is 20.5. The maximum Gasteiger partial charge on any atom is 0.280 e. The number of nitrogens with one attached hydrogen (secondary N) is 8. The van der Waals surface area contributed by atoms with Gasteiger partial charge in [-0.15, -0.1) is 45.3 Å². The highest BCUT2D eigenvalue weighted by atomic mass is 32.2. The molecule has 3 aliphatic carbocycles. The van der Waals surface area contributed by atoms with Gasteiger partial charge in [0.15, 0.2) is 20.0 Å². The zero-order chi connectivity index (χ0) is 105. The number of halogens is 6. The predicted octanol–water partition coefficient (Wildman–Crippen LogP) is 17.0. The molecule has 8 aromatic rings. The Morgan fingerprint density at radius 1 is 0.400 bits per heavy atom. The first-order chi connectivity index (χ1) is 68.0. The van der Waals surface area contributed by atoms with Crippen LogP contribution in [0.2, 0.25) is 0 Å². The highest BCUT2D eigenvalue weighted by Crippen LogP contribution is 2.48. The molecule has 7 saturated heterocycles. The molecule has 15 heterocycles. The monoisotopic (exact) mass is 2110 g/mol. The molecule has 6 atom stereocenters. The van der Waals surface area contributed by atoms with Crippen LogP contribution in [0, 0.1) is 13.8 Å². The molecule has 33 nitrogen and oxygen atoms in total. The summed E-state index contributed by atoms with van der Waals surface area (Å²) in [5.41, 5.74) is 1.97. The molecular weight excluding hydrogens is 1980 g/mol. The third-order valence-corrected chi connectivity index (χ3v) is 33.5. The molecular formula is C101H132F6N20O13S5. The van der Waals surface area contributed by atoms with Crippen LogP contribution in [-0.4, -0.2) is 262 Å². The van der Waals surface area contributed by atoms with Crippen molar-refractivity contribution in [1.82, 2.24) is 80.7 Å². The number of aliphatic hydroxyl groups excluding tert-OH is 3. The number of amides is 8. The number of carbonyl (C=O) groups is 8. The molecule has 18 rings (SSSR count). The number of aromatic nitrogens is 8. The van der Waals surface area contributed by atoms with E-state index in [4.69, 9.17) is 0 Å². The fraction of sp³-hybridized carbons (Fsp3) is 0.604. The van der Waals surface area contributed by atoms with Gasteiger partial charge in [0.05, 0.1) is 55.9 Å². The number of aryl methyl sites for hydroxylation is 2. The van der Waals surface area contributed by atoms with Crippen LogP contribution in [0.15, 0.2) is 49.1 Å². The molecule has 145 heavy (non-hydrogen) atoms. The van der Waals surface area contributed by atoms with E-state index in [0.717, 1.165) is 132 Å². The van der Waals surface area contributed by atoms with Crippen molar-refractivity contribution in [1.29, 1.82) is 0 Å². The number of likely N-dealkylation sites (tertiary alicyclic amines) is 2. The van der Waals surface area contributed by atoms with E-state index in [2.05, 4.69) is 124 Å². The lowest BCUT2D eigenvalue weighted by atomic mass is 9.89. The molecule has 4 bridgehead atoms. The Morgan fingerprint density at radius 2 is 0.710 bits per heavy atom. The van der Waals surface area contributed by atoms with E-state index < -0.39 is 88.6 Å². The summed E-state index contributed by atoms with van der Waals surface area (Å²) >= 11 is 4.10. The summed E-state index contributed by atoms with van der Waals surface area (Å²) < 4.78 is 108. The number of anilines is 4. The Hall–Kier alpha value is -10.5. The lowest BCUT2D eigenvalue weighted by Gasteiger charge is -2.31. The Kier molecular flexibility index (Phi) is 32.8. The number of alkyl halides is 6. The first-order valence-corrected chi connectivity index (χ1v) is 54.9. The lowest BCUT2D eigenvalue weighted by molar-refractivity contribution is 0.0117. The summed E-state index contributed by atoms with van der Waals surface area (Å²) in [6.07, 6.45) is 13.5. The predicted molar refractivity (Wildman–Crippen MR) is 546 cm³/mol. The number of rotatable bonds is 22. The third kappa shape index (κ3) is 26.4. The number of nitrogens with zero attached hydrogens (tertiary/aromatic N) is 12. The number of pyridine rings is 4. The Bertz CT molecular complexity index is 6230. The number of carbonyl (C=O) groups excluding carboxylic acids is 8. The molecule has 8 aromatic heterocycles. The Labute approximate surface area is 856 Å². The van der Waals surface area contributed by atoms with Crippen LogP contribution < -0.4 is 42.5 Å². The second kappa shape index (κ2) is 43.7. The number of hydrogen-bond acceptors (Lipinski definition) is 29. The van der Waals surface area contributed by atoms with Crippen molar-refractivity contribution < 1.29 is 88.4 Å². The molecule has 10 aliphatic rings.